The minimum absolute atomic E-state index is 1.15. The van der Waals surface area contributed by atoms with E-state index in [-0.39, 0.29) is 0 Å². The average molecular weight is 486 g/mol. The zero-order valence-electron chi connectivity index (χ0n) is 20.6. The van der Waals surface area contributed by atoms with Crippen LogP contribution in [-0.4, -0.2) is 14.1 Å². The van der Waals surface area contributed by atoms with E-state index in [1.54, 1.807) is 0 Å². The number of hydrogen-bond donors (Lipinski definition) is 0. The molecule has 3 heterocycles. The van der Waals surface area contributed by atoms with Gasteiger partial charge in [-0.05, 0) is 65.7 Å². The normalized spacial score (nSPS) is 11.7. The quantitative estimate of drug-likeness (QED) is 0.245. The van der Waals surface area contributed by atoms with Crippen molar-refractivity contribution in [3.63, 3.8) is 0 Å². The van der Waals surface area contributed by atoms with Gasteiger partial charge in [-0.2, -0.15) is 0 Å². The number of fused-ring (bicyclic) bond motifs is 6. The topological polar surface area (TPSA) is 22.8 Å². The molecule has 0 amide bonds. The first-order chi connectivity index (χ1) is 18.9. The van der Waals surface area contributed by atoms with Gasteiger partial charge in [0, 0.05) is 45.3 Å². The maximum Gasteiger partial charge on any atom is 0.0571 e. The number of pyridine rings is 1. The monoisotopic (exact) mass is 485 g/mol. The molecule has 0 fully saturated rings. The summed E-state index contributed by atoms with van der Waals surface area (Å²) in [5.41, 5.74) is 9.50. The molecule has 0 aliphatic carbocycles. The molecule has 0 aliphatic rings. The van der Waals surface area contributed by atoms with E-state index < -0.39 is 0 Å². The van der Waals surface area contributed by atoms with Gasteiger partial charge in [0.05, 0.1) is 22.1 Å². The molecule has 0 atom stereocenters. The van der Waals surface area contributed by atoms with Crippen LogP contribution in [0.4, 0.5) is 0 Å². The molecule has 0 saturated heterocycles. The second-order valence-electron chi connectivity index (χ2n) is 9.72. The molecule has 38 heavy (non-hydrogen) atoms. The van der Waals surface area contributed by atoms with Crippen molar-refractivity contribution < 1.29 is 0 Å². The number of rotatable bonds is 3. The lowest BCUT2D eigenvalue weighted by Crippen LogP contribution is -1.93. The Kier molecular flexibility index (Phi) is 4.52. The van der Waals surface area contributed by atoms with Crippen molar-refractivity contribution in [2.75, 3.05) is 0 Å². The Morgan fingerprint density at radius 3 is 1.76 bits per heavy atom. The smallest absolute Gasteiger partial charge is 0.0571 e. The van der Waals surface area contributed by atoms with Crippen LogP contribution in [-0.2, 0) is 0 Å². The van der Waals surface area contributed by atoms with E-state index in [0.29, 0.717) is 0 Å². The summed E-state index contributed by atoms with van der Waals surface area (Å²) < 4.78 is 4.70. The highest BCUT2D eigenvalue weighted by atomic mass is 15.0. The van der Waals surface area contributed by atoms with Crippen LogP contribution in [0.25, 0.3) is 66.1 Å². The third-order valence-electron chi connectivity index (χ3n) is 7.60. The van der Waals surface area contributed by atoms with E-state index >= 15 is 0 Å². The summed E-state index contributed by atoms with van der Waals surface area (Å²) >= 11 is 0. The Bertz CT molecular complexity index is 2120. The lowest BCUT2D eigenvalue weighted by molar-refractivity contribution is 1.17. The van der Waals surface area contributed by atoms with Gasteiger partial charge in [0.1, 0.15) is 0 Å². The van der Waals surface area contributed by atoms with E-state index in [4.69, 9.17) is 0 Å². The predicted octanol–water partition coefficient (Wildman–Crippen LogP) is 8.94. The molecule has 0 saturated carbocycles. The largest absolute Gasteiger partial charge is 0.309 e. The van der Waals surface area contributed by atoms with Crippen LogP contribution in [0.3, 0.4) is 0 Å². The van der Waals surface area contributed by atoms with Crippen molar-refractivity contribution in [3.8, 4) is 22.5 Å². The van der Waals surface area contributed by atoms with Crippen molar-refractivity contribution in [1.29, 1.82) is 0 Å². The van der Waals surface area contributed by atoms with Gasteiger partial charge in [-0.25, -0.2) is 0 Å². The first kappa shape index (κ1) is 21.0. The molecule has 0 unspecified atom stereocenters. The maximum atomic E-state index is 4.47. The molecular weight excluding hydrogens is 462 g/mol. The van der Waals surface area contributed by atoms with Crippen LogP contribution in [0, 0.1) is 0 Å². The fourth-order valence-electron chi connectivity index (χ4n) is 5.91. The third-order valence-corrected chi connectivity index (χ3v) is 7.60. The Morgan fingerprint density at radius 1 is 0.395 bits per heavy atom. The van der Waals surface area contributed by atoms with Crippen LogP contribution in [0.1, 0.15) is 0 Å². The van der Waals surface area contributed by atoms with Gasteiger partial charge in [-0.15, -0.1) is 0 Å². The van der Waals surface area contributed by atoms with E-state index in [2.05, 4.69) is 142 Å². The summed E-state index contributed by atoms with van der Waals surface area (Å²) in [6, 6.07) is 45.6. The fraction of sp³-hybridized carbons (Fsp3) is 0. The van der Waals surface area contributed by atoms with E-state index in [0.717, 1.165) is 16.6 Å². The minimum Gasteiger partial charge on any atom is -0.309 e. The second-order valence-corrected chi connectivity index (χ2v) is 9.72. The number of benzene rings is 5. The number of para-hydroxylation sites is 3. The van der Waals surface area contributed by atoms with Crippen molar-refractivity contribution >= 4 is 43.6 Å². The molecule has 3 nitrogen and oxygen atoms in total. The van der Waals surface area contributed by atoms with Crippen molar-refractivity contribution in [2.24, 2.45) is 0 Å². The summed E-state index contributed by atoms with van der Waals surface area (Å²) in [5, 5.41) is 4.90. The number of aromatic nitrogens is 3. The minimum atomic E-state index is 1.15. The van der Waals surface area contributed by atoms with Crippen LogP contribution in [0.15, 0.2) is 140 Å². The molecule has 0 aliphatic heterocycles. The van der Waals surface area contributed by atoms with Gasteiger partial charge < -0.3 is 9.13 Å². The first-order valence-corrected chi connectivity index (χ1v) is 12.9. The molecule has 0 N–H and O–H groups in total. The highest BCUT2D eigenvalue weighted by Gasteiger charge is 2.15. The molecule has 0 bridgehead atoms. The summed E-state index contributed by atoms with van der Waals surface area (Å²) in [6.07, 6.45) is 3.86. The van der Waals surface area contributed by atoms with Gasteiger partial charge in [0.2, 0.25) is 0 Å². The van der Waals surface area contributed by atoms with Crippen LogP contribution < -0.4 is 0 Å². The molecule has 0 spiro atoms. The Morgan fingerprint density at radius 2 is 0.974 bits per heavy atom. The fourth-order valence-corrected chi connectivity index (χ4v) is 5.91. The summed E-state index contributed by atoms with van der Waals surface area (Å²) in [4.78, 5) is 4.47. The van der Waals surface area contributed by atoms with Gasteiger partial charge in [0.25, 0.3) is 0 Å². The zero-order chi connectivity index (χ0) is 25.1. The van der Waals surface area contributed by atoms with Crippen molar-refractivity contribution in [2.45, 2.75) is 0 Å². The Hall–Kier alpha value is -5.15. The first-order valence-electron chi connectivity index (χ1n) is 12.9. The summed E-state index contributed by atoms with van der Waals surface area (Å²) in [6.45, 7) is 0. The van der Waals surface area contributed by atoms with Gasteiger partial charge in [0.15, 0.2) is 0 Å². The second kappa shape index (κ2) is 8.19. The van der Waals surface area contributed by atoms with Crippen LogP contribution in [0.5, 0.6) is 0 Å². The van der Waals surface area contributed by atoms with Gasteiger partial charge in [-0.3, -0.25) is 4.98 Å². The lowest BCUT2D eigenvalue weighted by atomic mass is 10.0. The molecule has 3 aromatic heterocycles. The highest BCUT2D eigenvalue weighted by molar-refractivity contribution is 6.12. The lowest BCUT2D eigenvalue weighted by Gasteiger charge is -2.10. The van der Waals surface area contributed by atoms with E-state index in [9.17, 15) is 0 Å². The third kappa shape index (κ3) is 3.06. The van der Waals surface area contributed by atoms with Gasteiger partial charge in [-0.1, -0.05) is 72.8 Å². The maximum absolute atomic E-state index is 4.47. The van der Waals surface area contributed by atoms with Crippen LogP contribution in [0.2, 0.25) is 0 Å². The molecular formula is C35H23N3. The van der Waals surface area contributed by atoms with Crippen LogP contribution >= 0.6 is 0 Å². The number of hydrogen-bond acceptors (Lipinski definition) is 1. The van der Waals surface area contributed by atoms with Crippen molar-refractivity contribution in [3.05, 3.63) is 140 Å². The van der Waals surface area contributed by atoms with E-state index in [1.807, 2.05) is 12.4 Å². The molecule has 8 rings (SSSR count). The standard InChI is InChI=1S/C35H23N3/c1-3-9-26(10-4-1)37-33-18-16-24(21-30(33)31-23-36-20-19-34(31)37)25-15-17-29-28-13-7-8-14-32(28)38(35(29)22-25)27-11-5-2-6-12-27/h1-23H. The molecule has 5 aromatic carbocycles. The van der Waals surface area contributed by atoms with E-state index in [1.165, 1.54) is 49.5 Å². The Balaban J connectivity index is 1.38. The number of nitrogens with zero attached hydrogens (tertiary/aromatic N) is 3. The predicted molar refractivity (Wildman–Crippen MR) is 158 cm³/mol. The molecule has 178 valence electrons. The average Bonchev–Trinajstić information content (AvgIpc) is 3.50. The molecule has 8 aromatic rings. The van der Waals surface area contributed by atoms with Gasteiger partial charge >= 0.3 is 0 Å². The highest BCUT2D eigenvalue weighted by Crippen LogP contribution is 2.37. The zero-order valence-corrected chi connectivity index (χ0v) is 20.6. The molecule has 3 heteroatoms. The Labute approximate surface area is 219 Å². The molecule has 0 radical (unpaired) electrons. The SMILES string of the molecule is c1ccc(-n2c3ccncc3c3cc(-c4ccc5c6ccccc6n(-c6ccccc6)c5c4)ccc32)cc1. The van der Waals surface area contributed by atoms with Crippen molar-refractivity contribution in [1.82, 2.24) is 14.1 Å². The summed E-state index contributed by atoms with van der Waals surface area (Å²) in [5.74, 6) is 0. The summed E-state index contributed by atoms with van der Waals surface area (Å²) in [7, 11) is 0.